The minimum absolute atomic E-state index is 0.0134. The molecule has 4 rings (SSSR count). The van der Waals surface area contributed by atoms with Crippen LogP contribution in [0.4, 0.5) is 5.69 Å². The first-order valence-electron chi connectivity index (χ1n) is 10.1. The van der Waals surface area contributed by atoms with Gasteiger partial charge in [-0.15, -0.1) is 0 Å². The quantitative estimate of drug-likeness (QED) is 0.697. The summed E-state index contributed by atoms with van der Waals surface area (Å²) in [7, 11) is 0. The highest BCUT2D eigenvalue weighted by atomic mass is 16.5. The number of hydrogen-bond donors (Lipinski definition) is 1. The molecule has 0 saturated carbocycles. The zero-order valence-corrected chi connectivity index (χ0v) is 17.5. The molecule has 0 bridgehead atoms. The fourth-order valence-corrected chi connectivity index (χ4v) is 3.56. The number of nitrogens with one attached hydrogen (secondary N) is 1. The lowest BCUT2D eigenvalue weighted by atomic mass is 9.96. The lowest BCUT2D eigenvalue weighted by molar-refractivity contribution is 0.102. The molecule has 0 fully saturated rings. The van der Waals surface area contributed by atoms with Crippen LogP contribution >= 0.6 is 0 Å². The zero-order chi connectivity index (χ0) is 21.3. The molecule has 0 aliphatic carbocycles. The predicted octanol–water partition coefficient (Wildman–Crippen LogP) is 4.46. The molecule has 0 radical (unpaired) electrons. The molecule has 1 N–H and O–H groups in total. The Labute approximate surface area is 175 Å². The Morgan fingerprint density at radius 1 is 1.03 bits per heavy atom. The molecular weight excluding hydrogens is 380 g/mol. The number of benzene rings is 2. The molecule has 6 heteroatoms. The Balaban J connectivity index is 1.64. The molecular formula is C24H26N2O4. The van der Waals surface area contributed by atoms with Crippen LogP contribution in [0.3, 0.4) is 0 Å². The van der Waals surface area contributed by atoms with Crippen LogP contribution < -0.4 is 20.3 Å². The van der Waals surface area contributed by atoms with Gasteiger partial charge in [0.25, 0.3) is 11.5 Å². The lowest BCUT2D eigenvalue weighted by Gasteiger charge is -2.20. The van der Waals surface area contributed by atoms with Gasteiger partial charge >= 0.3 is 0 Å². The van der Waals surface area contributed by atoms with Crippen molar-refractivity contribution in [3.8, 4) is 11.5 Å². The molecule has 6 nitrogen and oxygen atoms in total. The van der Waals surface area contributed by atoms with Crippen molar-refractivity contribution < 1.29 is 14.3 Å². The minimum Gasteiger partial charge on any atom is -0.490 e. The van der Waals surface area contributed by atoms with Crippen LogP contribution in [0.2, 0.25) is 0 Å². The molecule has 1 amide bonds. The summed E-state index contributed by atoms with van der Waals surface area (Å²) >= 11 is 0. The average molecular weight is 406 g/mol. The number of pyridine rings is 1. The fourth-order valence-electron chi connectivity index (χ4n) is 3.56. The van der Waals surface area contributed by atoms with Crippen molar-refractivity contribution >= 4 is 22.4 Å². The van der Waals surface area contributed by atoms with Crippen molar-refractivity contribution in [2.45, 2.75) is 33.7 Å². The van der Waals surface area contributed by atoms with Crippen molar-refractivity contribution in [2.24, 2.45) is 5.41 Å². The van der Waals surface area contributed by atoms with Gasteiger partial charge in [-0.3, -0.25) is 9.59 Å². The number of ether oxygens (including phenoxy) is 2. The van der Waals surface area contributed by atoms with Crippen LogP contribution in [0.5, 0.6) is 11.5 Å². The van der Waals surface area contributed by atoms with Crippen molar-refractivity contribution in [3.63, 3.8) is 0 Å². The highest BCUT2D eigenvalue weighted by molar-refractivity contribution is 6.09. The number of nitrogens with zero attached hydrogens (tertiary/aromatic N) is 1. The molecule has 0 unspecified atom stereocenters. The van der Waals surface area contributed by atoms with E-state index >= 15 is 0 Å². The van der Waals surface area contributed by atoms with E-state index in [-0.39, 0.29) is 16.9 Å². The Morgan fingerprint density at radius 2 is 1.80 bits per heavy atom. The molecule has 1 aliphatic heterocycles. The van der Waals surface area contributed by atoms with E-state index in [0.29, 0.717) is 47.9 Å². The van der Waals surface area contributed by atoms with Crippen molar-refractivity contribution in [3.05, 3.63) is 64.6 Å². The predicted molar refractivity (Wildman–Crippen MR) is 118 cm³/mol. The second-order valence-corrected chi connectivity index (χ2v) is 8.74. The highest BCUT2D eigenvalue weighted by Crippen LogP contribution is 2.31. The Hall–Kier alpha value is -3.28. The molecule has 0 spiro atoms. The topological polar surface area (TPSA) is 69.6 Å². The van der Waals surface area contributed by atoms with Crippen LogP contribution in [-0.2, 0) is 6.54 Å². The van der Waals surface area contributed by atoms with E-state index in [0.717, 1.165) is 11.8 Å². The molecule has 30 heavy (non-hydrogen) atoms. The molecule has 0 saturated heterocycles. The number of rotatable bonds is 3. The summed E-state index contributed by atoms with van der Waals surface area (Å²) in [4.78, 5) is 25.8. The maximum absolute atomic E-state index is 12.9. The van der Waals surface area contributed by atoms with E-state index in [9.17, 15) is 9.59 Å². The monoisotopic (exact) mass is 406 g/mol. The first-order chi connectivity index (χ1) is 14.3. The average Bonchev–Trinajstić information content (AvgIpc) is 2.94. The Morgan fingerprint density at radius 3 is 2.57 bits per heavy atom. The maximum atomic E-state index is 12.9. The molecule has 3 aromatic rings. The number of anilines is 1. The highest BCUT2D eigenvalue weighted by Gasteiger charge is 2.17. The van der Waals surface area contributed by atoms with Crippen LogP contribution in [0, 0.1) is 5.41 Å². The molecule has 156 valence electrons. The zero-order valence-electron chi connectivity index (χ0n) is 17.5. The van der Waals surface area contributed by atoms with Crippen LogP contribution in [0.25, 0.3) is 10.8 Å². The van der Waals surface area contributed by atoms with Crippen molar-refractivity contribution in [1.29, 1.82) is 0 Å². The number of carbonyl (C=O) groups is 1. The van der Waals surface area contributed by atoms with Gasteiger partial charge in [-0.05, 0) is 41.8 Å². The lowest BCUT2D eigenvalue weighted by Crippen LogP contribution is -2.26. The van der Waals surface area contributed by atoms with Gasteiger partial charge in [-0.2, -0.15) is 0 Å². The summed E-state index contributed by atoms with van der Waals surface area (Å²) in [5.41, 5.74) is 0.997. The molecule has 1 aliphatic rings. The van der Waals surface area contributed by atoms with Gasteiger partial charge in [-0.25, -0.2) is 0 Å². The van der Waals surface area contributed by atoms with E-state index in [1.165, 1.54) is 0 Å². The third-order valence-corrected chi connectivity index (χ3v) is 4.92. The summed E-state index contributed by atoms with van der Waals surface area (Å²) in [6, 6.07) is 12.4. The second-order valence-electron chi connectivity index (χ2n) is 8.74. The van der Waals surface area contributed by atoms with Gasteiger partial charge in [0.1, 0.15) is 0 Å². The van der Waals surface area contributed by atoms with Gasteiger partial charge in [-0.1, -0.05) is 26.8 Å². The van der Waals surface area contributed by atoms with Gasteiger partial charge in [0, 0.05) is 41.2 Å². The van der Waals surface area contributed by atoms with E-state index < -0.39 is 0 Å². The Kier molecular flexibility index (Phi) is 5.24. The smallest absolute Gasteiger partial charge is 0.258 e. The summed E-state index contributed by atoms with van der Waals surface area (Å²) in [6.07, 6.45) is 2.60. The third kappa shape index (κ3) is 4.17. The van der Waals surface area contributed by atoms with Gasteiger partial charge in [0.05, 0.1) is 13.2 Å². The SMILES string of the molecule is CC(C)(C)Cn1ccc2c(NC(=O)c3ccc4c(c3)OCCCO4)cccc2c1=O. The maximum Gasteiger partial charge on any atom is 0.258 e. The summed E-state index contributed by atoms with van der Waals surface area (Å²) in [5, 5.41) is 4.23. The normalized spacial score (nSPS) is 13.7. The standard InChI is InChI=1S/C24H26N2O4/c1-24(2,3)15-26-11-10-17-18(23(26)28)6-4-7-19(17)25-22(27)16-8-9-20-21(14-16)30-13-5-12-29-20/h4,6-11,14H,5,12-13,15H2,1-3H3,(H,25,27). The van der Waals surface area contributed by atoms with Crippen LogP contribution in [0.15, 0.2) is 53.5 Å². The summed E-state index contributed by atoms with van der Waals surface area (Å²) in [6.45, 7) is 8.06. The van der Waals surface area contributed by atoms with Gasteiger partial charge in [0.2, 0.25) is 0 Å². The molecule has 2 heterocycles. The van der Waals surface area contributed by atoms with Crippen LogP contribution in [0.1, 0.15) is 37.6 Å². The van der Waals surface area contributed by atoms with Crippen LogP contribution in [-0.4, -0.2) is 23.7 Å². The Bertz CT molecular complexity index is 1160. The molecule has 1 aromatic heterocycles. The number of amides is 1. The molecule has 0 atom stereocenters. The van der Waals surface area contributed by atoms with E-state index in [1.54, 1.807) is 47.2 Å². The molecule has 2 aromatic carbocycles. The largest absolute Gasteiger partial charge is 0.490 e. The number of carbonyl (C=O) groups excluding carboxylic acids is 1. The van der Waals surface area contributed by atoms with Crippen molar-refractivity contribution in [1.82, 2.24) is 4.57 Å². The number of aromatic nitrogens is 1. The summed E-state index contributed by atoms with van der Waals surface area (Å²) < 4.78 is 13.0. The van der Waals surface area contributed by atoms with E-state index in [2.05, 4.69) is 26.1 Å². The second kappa shape index (κ2) is 7.86. The van der Waals surface area contributed by atoms with Gasteiger partial charge in [0.15, 0.2) is 11.5 Å². The third-order valence-electron chi connectivity index (χ3n) is 4.92. The van der Waals surface area contributed by atoms with Crippen molar-refractivity contribution in [2.75, 3.05) is 18.5 Å². The first kappa shape index (κ1) is 20.0. The van der Waals surface area contributed by atoms with E-state index in [1.807, 2.05) is 6.07 Å². The summed E-state index contributed by atoms with van der Waals surface area (Å²) in [5.74, 6) is 0.953. The number of hydrogen-bond acceptors (Lipinski definition) is 4. The van der Waals surface area contributed by atoms with E-state index in [4.69, 9.17) is 9.47 Å². The van der Waals surface area contributed by atoms with Gasteiger partial charge < -0.3 is 19.4 Å². The fraction of sp³-hybridized carbons (Fsp3) is 0.333. The number of fused-ring (bicyclic) bond motifs is 2. The first-order valence-corrected chi connectivity index (χ1v) is 10.1. The minimum atomic E-state index is -0.267.